The van der Waals surface area contributed by atoms with Crippen LogP contribution in [0.2, 0.25) is 0 Å². The fourth-order valence-electron chi connectivity index (χ4n) is 4.97. The van der Waals surface area contributed by atoms with Crippen LogP contribution in [0.3, 0.4) is 0 Å². The van der Waals surface area contributed by atoms with E-state index in [9.17, 15) is 18.7 Å². The summed E-state index contributed by atoms with van der Waals surface area (Å²) in [4.78, 5) is 16.2. The van der Waals surface area contributed by atoms with E-state index in [1.54, 1.807) is 18.2 Å². The van der Waals surface area contributed by atoms with Crippen LogP contribution in [0.15, 0.2) is 67.3 Å². The van der Waals surface area contributed by atoms with Gasteiger partial charge in [0.15, 0.2) is 12.0 Å². The first-order valence-corrected chi connectivity index (χ1v) is 15.4. The van der Waals surface area contributed by atoms with Crippen LogP contribution in [0.1, 0.15) is 107 Å². The molecule has 0 fully saturated rings. The molecule has 0 bridgehead atoms. The second-order valence-corrected chi connectivity index (χ2v) is 10.9. The summed E-state index contributed by atoms with van der Waals surface area (Å²) in [6.45, 7) is 2.16. The Morgan fingerprint density at radius 1 is 0.952 bits per heavy atom. The maximum atomic E-state index is 14.6. The van der Waals surface area contributed by atoms with Crippen molar-refractivity contribution in [1.82, 2.24) is 14.8 Å². The minimum Gasteiger partial charge on any atom is -0.493 e. The fraction of sp³-hybridized carbons (Fsp3) is 0.500. The maximum Gasteiger partial charge on any atom is 0.159 e. The molecule has 0 aliphatic carbocycles. The lowest BCUT2D eigenvalue weighted by Gasteiger charge is -2.24. The zero-order valence-corrected chi connectivity index (χ0v) is 24.8. The van der Waals surface area contributed by atoms with Gasteiger partial charge in [-0.3, -0.25) is 4.79 Å². The Morgan fingerprint density at radius 3 is 2.24 bits per heavy atom. The highest BCUT2D eigenvalue weighted by Gasteiger charge is 2.27. The third kappa shape index (κ3) is 11.8. The number of carbonyl (C=O) groups excluding carboxylic acids is 1. The average Bonchev–Trinajstić information content (AvgIpc) is 3.52. The van der Waals surface area contributed by atoms with E-state index in [1.807, 2.05) is 18.2 Å². The molecule has 0 saturated heterocycles. The number of aliphatic hydroxyl groups is 1. The van der Waals surface area contributed by atoms with Crippen LogP contribution in [0.4, 0.5) is 8.78 Å². The number of hydrogen-bond donors (Lipinski definition) is 1. The molecule has 1 aromatic heterocycles. The van der Waals surface area contributed by atoms with Crippen LogP contribution in [-0.4, -0.2) is 32.3 Å². The Bertz CT molecular complexity index is 1200. The molecule has 1 N–H and O–H groups in total. The van der Waals surface area contributed by atoms with E-state index in [-0.39, 0.29) is 18.0 Å². The molecule has 8 heteroatoms. The summed E-state index contributed by atoms with van der Waals surface area (Å²) in [5.74, 6) is -1.82. The van der Waals surface area contributed by atoms with Crippen LogP contribution < -0.4 is 4.74 Å². The van der Waals surface area contributed by atoms with Crippen molar-refractivity contribution in [3.8, 4) is 5.75 Å². The molecule has 42 heavy (non-hydrogen) atoms. The highest BCUT2D eigenvalue weighted by molar-refractivity contribution is 5.91. The third-order valence-corrected chi connectivity index (χ3v) is 7.44. The Balaban J connectivity index is 1.38. The average molecular weight is 582 g/mol. The number of allylic oxidation sites excluding steroid dienone is 2. The van der Waals surface area contributed by atoms with Crippen LogP contribution in [-0.2, 0) is 11.2 Å². The molecule has 6 nitrogen and oxygen atoms in total. The first kappa shape index (κ1) is 33.1. The molecule has 2 unspecified atom stereocenters. The molecule has 0 saturated carbocycles. The van der Waals surface area contributed by atoms with Gasteiger partial charge >= 0.3 is 0 Å². The predicted molar refractivity (Wildman–Crippen MR) is 161 cm³/mol. The van der Waals surface area contributed by atoms with Gasteiger partial charge in [-0.15, -0.1) is 0 Å². The standard InChI is InChI=1S/C34H45F2N3O3/c1-2-3-4-5-6-7-8-9-10-11-12-13-14-15-29(40)22-27-16-19-30(20-17-27)42-24-32(34(41)39-26-37-25-38-39)31-21-18-28(35)23-33(31)36/h14-21,23,25-26,32,34,41H,2-13,22,24H2,1H3/b15-14+. The number of ether oxygens (including phenoxy) is 1. The topological polar surface area (TPSA) is 77.2 Å². The van der Waals surface area contributed by atoms with Crippen molar-refractivity contribution in [2.75, 3.05) is 6.61 Å². The van der Waals surface area contributed by atoms with Crippen molar-refractivity contribution in [2.45, 2.75) is 103 Å². The zero-order chi connectivity index (χ0) is 30.0. The quantitative estimate of drug-likeness (QED) is 0.101. The number of benzene rings is 2. The first-order chi connectivity index (χ1) is 20.5. The van der Waals surface area contributed by atoms with Crippen molar-refractivity contribution in [1.29, 1.82) is 0 Å². The van der Waals surface area contributed by atoms with Gasteiger partial charge in [0.1, 0.15) is 30.0 Å². The van der Waals surface area contributed by atoms with E-state index >= 15 is 0 Å². The van der Waals surface area contributed by atoms with E-state index in [0.29, 0.717) is 12.2 Å². The number of aliphatic hydroxyl groups excluding tert-OH is 1. The zero-order valence-electron chi connectivity index (χ0n) is 24.8. The van der Waals surface area contributed by atoms with Gasteiger partial charge in [0.2, 0.25) is 0 Å². The lowest BCUT2D eigenvalue weighted by Crippen LogP contribution is -2.24. The molecule has 0 amide bonds. The van der Waals surface area contributed by atoms with E-state index in [1.165, 1.54) is 87.6 Å². The van der Waals surface area contributed by atoms with Crippen LogP contribution >= 0.6 is 0 Å². The number of hydrogen-bond acceptors (Lipinski definition) is 5. The third-order valence-electron chi connectivity index (χ3n) is 7.44. The molecule has 0 aliphatic heterocycles. The largest absolute Gasteiger partial charge is 0.493 e. The molecule has 0 aliphatic rings. The Kier molecular flexibility index (Phi) is 14.9. The van der Waals surface area contributed by atoms with E-state index in [0.717, 1.165) is 30.5 Å². The number of aromatic nitrogens is 3. The number of rotatable bonds is 21. The van der Waals surface area contributed by atoms with Gasteiger partial charge in [-0.25, -0.2) is 18.4 Å². The maximum absolute atomic E-state index is 14.6. The van der Waals surface area contributed by atoms with Gasteiger partial charge in [-0.1, -0.05) is 95.4 Å². The molecule has 0 spiro atoms. The van der Waals surface area contributed by atoms with Gasteiger partial charge in [-0.05, 0) is 48.2 Å². The van der Waals surface area contributed by atoms with Crippen LogP contribution in [0, 0.1) is 11.6 Å². The summed E-state index contributed by atoms with van der Waals surface area (Å²) in [5, 5.41) is 14.7. The molecule has 2 aromatic carbocycles. The molecule has 2 atom stereocenters. The number of carbonyl (C=O) groups is 1. The normalized spacial score (nSPS) is 13.0. The lowest BCUT2D eigenvalue weighted by molar-refractivity contribution is -0.114. The Morgan fingerprint density at radius 2 is 1.62 bits per heavy atom. The minimum atomic E-state index is -1.28. The summed E-state index contributed by atoms with van der Waals surface area (Å²) in [6, 6.07) is 10.3. The summed E-state index contributed by atoms with van der Waals surface area (Å²) >= 11 is 0. The highest BCUT2D eigenvalue weighted by atomic mass is 19.1. The molecule has 3 rings (SSSR count). The number of nitrogens with zero attached hydrogens (tertiary/aromatic N) is 3. The van der Waals surface area contributed by atoms with Gasteiger partial charge < -0.3 is 9.84 Å². The molecular formula is C34H45F2N3O3. The molecule has 228 valence electrons. The molecule has 1 heterocycles. The van der Waals surface area contributed by atoms with E-state index in [2.05, 4.69) is 17.0 Å². The number of halogens is 2. The predicted octanol–water partition coefficient (Wildman–Crippen LogP) is 8.28. The molecule has 3 aromatic rings. The number of ketones is 1. The summed E-state index contributed by atoms with van der Waals surface area (Å²) in [5.41, 5.74) is 0.956. The summed E-state index contributed by atoms with van der Waals surface area (Å²) < 4.78 is 35.1. The summed E-state index contributed by atoms with van der Waals surface area (Å²) in [7, 11) is 0. The highest BCUT2D eigenvalue weighted by Crippen LogP contribution is 2.30. The van der Waals surface area contributed by atoms with E-state index in [4.69, 9.17) is 4.74 Å². The fourth-order valence-corrected chi connectivity index (χ4v) is 4.97. The second kappa shape index (κ2) is 18.9. The van der Waals surface area contributed by atoms with E-state index < -0.39 is 23.8 Å². The first-order valence-electron chi connectivity index (χ1n) is 15.4. The molecular weight excluding hydrogens is 536 g/mol. The number of unbranched alkanes of at least 4 members (excludes halogenated alkanes) is 11. The minimum absolute atomic E-state index is 0.0505. The van der Waals surface area contributed by atoms with Gasteiger partial charge in [0, 0.05) is 12.5 Å². The van der Waals surface area contributed by atoms with Crippen LogP contribution in [0.25, 0.3) is 0 Å². The SMILES string of the molecule is CCCCCCCCCCCCC/C=C/C(=O)Cc1ccc(OCC(c2ccc(F)cc2F)C(O)n2cncn2)cc1. The second-order valence-electron chi connectivity index (χ2n) is 10.9. The van der Waals surface area contributed by atoms with Crippen molar-refractivity contribution in [2.24, 2.45) is 0 Å². The molecule has 0 radical (unpaired) electrons. The monoisotopic (exact) mass is 581 g/mol. The van der Waals surface area contributed by atoms with Crippen LogP contribution in [0.5, 0.6) is 5.75 Å². The van der Waals surface area contributed by atoms with Crippen molar-refractivity contribution in [3.05, 3.63) is 90.0 Å². The Hall–Kier alpha value is -3.39. The van der Waals surface area contributed by atoms with Crippen molar-refractivity contribution >= 4 is 5.78 Å². The summed E-state index contributed by atoms with van der Waals surface area (Å²) in [6.07, 6.45) is 20.5. The van der Waals surface area contributed by atoms with Crippen molar-refractivity contribution < 1.29 is 23.4 Å². The Labute approximate surface area is 248 Å². The lowest BCUT2D eigenvalue weighted by atomic mass is 9.97. The van der Waals surface area contributed by atoms with Gasteiger partial charge in [0.25, 0.3) is 0 Å². The van der Waals surface area contributed by atoms with Gasteiger partial charge in [0.05, 0.1) is 12.5 Å². The van der Waals surface area contributed by atoms with Crippen molar-refractivity contribution in [3.63, 3.8) is 0 Å². The van der Waals surface area contributed by atoms with Gasteiger partial charge in [-0.2, -0.15) is 5.10 Å². The smallest absolute Gasteiger partial charge is 0.159 e.